The standard InChI is InChI=1S/C14H21NO5S2/c1-10-7-13(21(3,16)17)11(2)14(8-10)22(18,19)15-9-12-5-4-6-20-12/h7-8,12,15H,4-6,9H2,1-3H3/t12-/m1/s1. The number of benzene rings is 1. The quantitative estimate of drug-likeness (QED) is 0.863. The molecular weight excluding hydrogens is 326 g/mol. The Kier molecular flexibility index (Phi) is 4.96. The molecule has 124 valence electrons. The number of aryl methyl sites for hydroxylation is 1. The summed E-state index contributed by atoms with van der Waals surface area (Å²) >= 11 is 0. The van der Waals surface area contributed by atoms with Crippen molar-refractivity contribution in [3.63, 3.8) is 0 Å². The Morgan fingerprint density at radius 1 is 1.18 bits per heavy atom. The number of nitrogens with one attached hydrogen (secondary N) is 1. The second-order valence-electron chi connectivity index (χ2n) is 5.65. The predicted octanol–water partition coefficient (Wildman–Crippen LogP) is 1.16. The van der Waals surface area contributed by atoms with Crippen LogP contribution in [0.4, 0.5) is 0 Å². The maximum atomic E-state index is 12.5. The summed E-state index contributed by atoms with van der Waals surface area (Å²) < 4.78 is 56.5. The molecule has 2 rings (SSSR count). The maximum Gasteiger partial charge on any atom is 0.240 e. The fraction of sp³-hybridized carbons (Fsp3) is 0.571. The lowest BCUT2D eigenvalue weighted by molar-refractivity contribution is 0.114. The summed E-state index contributed by atoms with van der Waals surface area (Å²) in [7, 11) is -7.26. The Hall–Kier alpha value is -0.960. The van der Waals surface area contributed by atoms with Crippen LogP contribution in [0.3, 0.4) is 0 Å². The van der Waals surface area contributed by atoms with Crippen LogP contribution < -0.4 is 4.72 Å². The summed E-state index contributed by atoms with van der Waals surface area (Å²) in [5.41, 5.74) is 0.830. The van der Waals surface area contributed by atoms with Gasteiger partial charge in [0.15, 0.2) is 9.84 Å². The zero-order valence-corrected chi connectivity index (χ0v) is 14.6. The van der Waals surface area contributed by atoms with Crippen molar-refractivity contribution in [2.75, 3.05) is 19.4 Å². The van der Waals surface area contributed by atoms with Gasteiger partial charge in [0.2, 0.25) is 10.0 Å². The van der Waals surface area contributed by atoms with E-state index in [9.17, 15) is 16.8 Å². The monoisotopic (exact) mass is 347 g/mol. The highest BCUT2D eigenvalue weighted by atomic mass is 32.2. The lowest BCUT2D eigenvalue weighted by Gasteiger charge is -2.15. The third-order valence-corrected chi connectivity index (χ3v) is 6.44. The first-order valence-corrected chi connectivity index (χ1v) is 10.4. The third kappa shape index (κ3) is 3.87. The van der Waals surface area contributed by atoms with Crippen molar-refractivity contribution in [3.8, 4) is 0 Å². The molecule has 8 heteroatoms. The van der Waals surface area contributed by atoms with Gasteiger partial charge in [0.05, 0.1) is 15.9 Å². The number of rotatable bonds is 5. The van der Waals surface area contributed by atoms with E-state index in [0.29, 0.717) is 12.2 Å². The van der Waals surface area contributed by atoms with Crippen molar-refractivity contribution in [1.82, 2.24) is 4.72 Å². The van der Waals surface area contributed by atoms with E-state index in [1.165, 1.54) is 19.1 Å². The third-order valence-electron chi connectivity index (χ3n) is 3.67. The first-order chi connectivity index (χ1) is 10.1. The van der Waals surface area contributed by atoms with Gasteiger partial charge >= 0.3 is 0 Å². The molecule has 0 unspecified atom stereocenters. The number of sulfonamides is 1. The molecule has 6 nitrogen and oxygen atoms in total. The Labute approximate surface area is 131 Å². The first-order valence-electron chi connectivity index (χ1n) is 7.04. The number of hydrogen-bond donors (Lipinski definition) is 1. The van der Waals surface area contributed by atoms with E-state index >= 15 is 0 Å². The van der Waals surface area contributed by atoms with Crippen molar-refractivity contribution >= 4 is 19.9 Å². The van der Waals surface area contributed by atoms with Gasteiger partial charge < -0.3 is 4.74 Å². The summed E-state index contributed by atoms with van der Waals surface area (Å²) in [6, 6.07) is 2.98. The van der Waals surface area contributed by atoms with E-state index in [-0.39, 0.29) is 28.0 Å². The minimum atomic E-state index is -3.78. The highest BCUT2D eigenvalue weighted by Crippen LogP contribution is 2.25. The second-order valence-corrected chi connectivity index (χ2v) is 9.36. The van der Waals surface area contributed by atoms with Gasteiger partial charge in [-0.25, -0.2) is 21.6 Å². The van der Waals surface area contributed by atoms with Gasteiger partial charge in [-0.2, -0.15) is 0 Å². The molecule has 1 aromatic rings. The van der Waals surface area contributed by atoms with Gasteiger partial charge in [0.1, 0.15) is 0 Å². The smallest absolute Gasteiger partial charge is 0.240 e. The molecule has 1 aromatic carbocycles. The van der Waals surface area contributed by atoms with Crippen LogP contribution in [0.15, 0.2) is 21.9 Å². The van der Waals surface area contributed by atoms with Gasteiger partial charge in [-0.05, 0) is 49.9 Å². The van der Waals surface area contributed by atoms with Crippen molar-refractivity contribution in [3.05, 3.63) is 23.3 Å². The average molecular weight is 347 g/mol. The van der Waals surface area contributed by atoms with Crippen LogP contribution in [0.5, 0.6) is 0 Å². The Morgan fingerprint density at radius 2 is 1.82 bits per heavy atom. The Bertz CT molecular complexity index is 763. The minimum Gasteiger partial charge on any atom is -0.377 e. The normalized spacial score (nSPS) is 19.5. The molecule has 1 heterocycles. The molecule has 1 saturated heterocycles. The van der Waals surface area contributed by atoms with E-state index in [0.717, 1.165) is 19.1 Å². The van der Waals surface area contributed by atoms with E-state index in [1.54, 1.807) is 6.92 Å². The van der Waals surface area contributed by atoms with Gasteiger partial charge in [-0.3, -0.25) is 0 Å². The Morgan fingerprint density at radius 3 is 2.36 bits per heavy atom. The predicted molar refractivity (Wildman–Crippen MR) is 83.2 cm³/mol. The molecule has 1 atom stereocenters. The van der Waals surface area contributed by atoms with Crippen LogP contribution in [0.25, 0.3) is 0 Å². The zero-order chi connectivity index (χ0) is 16.5. The summed E-state index contributed by atoms with van der Waals surface area (Å²) in [4.78, 5) is 0.0518. The summed E-state index contributed by atoms with van der Waals surface area (Å²) in [6.45, 7) is 4.03. The van der Waals surface area contributed by atoms with E-state index < -0.39 is 19.9 Å². The molecule has 0 saturated carbocycles. The molecule has 0 spiro atoms. The van der Waals surface area contributed by atoms with Crippen LogP contribution in [0.2, 0.25) is 0 Å². The number of hydrogen-bond acceptors (Lipinski definition) is 5. The van der Waals surface area contributed by atoms with E-state index in [4.69, 9.17) is 4.74 Å². The van der Waals surface area contributed by atoms with Gasteiger partial charge in [0, 0.05) is 19.4 Å². The van der Waals surface area contributed by atoms with Crippen LogP contribution in [-0.2, 0) is 24.6 Å². The van der Waals surface area contributed by atoms with Crippen molar-refractivity contribution in [2.24, 2.45) is 0 Å². The zero-order valence-electron chi connectivity index (χ0n) is 12.9. The van der Waals surface area contributed by atoms with E-state index in [1.807, 2.05) is 0 Å². The molecule has 0 amide bonds. The lowest BCUT2D eigenvalue weighted by Crippen LogP contribution is -2.32. The fourth-order valence-electron chi connectivity index (χ4n) is 2.54. The number of sulfone groups is 1. The lowest BCUT2D eigenvalue weighted by atomic mass is 10.2. The van der Waals surface area contributed by atoms with Crippen LogP contribution in [0.1, 0.15) is 24.0 Å². The maximum absolute atomic E-state index is 12.5. The highest BCUT2D eigenvalue weighted by molar-refractivity contribution is 7.91. The molecule has 0 bridgehead atoms. The molecular formula is C14H21NO5S2. The molecule has 1 aliphatic rings. The molecule has 0 radical (unpaired) electrons. The number of ether oxygens (including phenoxy) is 1. The summed E-state index contributed by atoms with van der Waals surface area (Å²) in [5.74, 6) is 0. The van der Waals surface area contributed by atoms with Crippen molar-refractivity contribution in [1.29, 1.82) is 0 Å². The molecule has 1 aliphatic heterocycles. The van der Waals surface area contributed by atoms with Crippen LogP contribution >= 0.6 is 0 Å². The first kappa shape index (κ1) is 17.4. The van der Waals surface area contributed by atoms with E-state index in [2.05, 4.69) is 4.72 Å². The molecule has 0 aromatic heterocycles. The highest BCUT2D eigenvalue weighted by Gasteiger charge is 2.24. The molecule has 0 aliphatic carbocycles. The van der Waals surface area contributed by atoms with Crippen LogP contribution in [-0.4, -0.2) is 42.3 Å². The van der Waals surface area contributed by atoms with Crippen LogP contribution in [0, 0.1) is 13.8 Å². The molecule has 1 N–H and O–H groups in total. The summed E-state index contributed by atoms with van der Waals surface area (Å²) in [5, 5.41) is 0. The van der Waals surface area contributed by atoms with Gasteiger partial charge in [-0.1, -0.05) is 0 Å². The van der Waals surface area contributed by atoms with Crippen molar-refractivity contribution < 1.29 is 21.6 Å². The van der Waals surface area contributed by atoms with Crippen molar-refractivity contribution in [2.45, 2.75) is 42.6 Å². The largest absolute Gasteiger partial charge is 0.377 e. The molecule has 22 heavy (non-hydrogen) atoms. The topological polar surface area (TPSA) is 89.5 Å². The van der Waals surface area contributed by atoms with Gasteiger partial charge in [-0.15, -0.1) is 0 Å². The average Bonchev–Trinajstić information content (AvgIpc) is 2.90. The van der Waals surface area contributed by atoms with Gasteiger partial charge in [0.25, 0.3) is 0 Å². The Balaban J connectivity index is 2.36. The fourth-order valence-corrected chi connectivity index (χ4v) is 5.09. The minimum absolute atomic E-state index is 0.00548. The summed E-state index contributed by atoms with van der Waals surface area (Å²) in [6.07, 6.45) is 2.71. The molecule has 1 fully saturated rings. The SMILES string of the molecule is Cc1cc(S(C)(=O)=O)c(C)c(S(=O)(=O)NC[C@H]2CCCO2)c1. The second kappa shape index (κ2) is 6.27.